The van der Waals surface area contributed by atoms with Gasteiger partial charge in [0, 0.05) is 18.9 Å². The van der Waals surface area contributed by atoms with E-state index in [-0.39, 0.29) is 42.6 Å². The first-order valence-electron chi connectivity index (χ1n) is 9.19. The van der Waals surface area contributed by atoms with E-state index in [1.807, 2.05) is 20.8 Å². The van der Waals surface area contributed by atoms with E-state index in [2.05, 4.69) is 5.32 Å². The summed E-state index contributed by atoms with van der Waals surface area (Å²) in [4.78, 5) is 24.6. The maximum atomic E-state index is 13.9. The van der Waals surface area contributed by atoms with Gasteiger partial charge in [-0.25, -0.2) is 13.6 Å². The van der Waals surface area contributed by atoms with Crippen molar-refractivity contribution < 1.29 is 27.8 Å². The molecule has 1 aromatic rings. The Bertz CT molecular complexity index is 687. The van der Waals surface area contributed by atoms with Crippen molar-refractivity contribution >= 4 is 11.9 Å². The van der Waals surface area contributed by atoms with Crippen molar-refractivity contribution in [1.29, 1.82) is 0 Å². The van der Waals surface area contributed by atoms with Gasteiger partial charge < -0.3 is 14.8 Å². The van der Waals surface area contributed by atoms with Crippen molar-refractivity contribution in [2.24, 2.45) is 5.92 Å². The van der Waals surface area contributed by atoms with Crippen LogP contribution in [-0.4, -0.2) is 36.7 Å². The van der Waals surface area contributed by atoms with Gasteiger partial charge in [0.1, 0.15) is 6.04 Å². The number of rotatable bonds is 8. The first-order valence-corrected chi connectivity index (χ1v) is 9.19. The van der Waals surface area contributed by atoms with Gasteiger partial charge in [-0.05, 0) is 51.7 Å². The second-order valence-corrected chi connectivity index (χ2v) is 7.65. The van der Waals surface area contributed by atoms with Crippen LogP contribution in [0.5, 0.6) is 0 Å². The Labute approximate surface area is 158 Å². The molecule has 1 aromatic carbocycles. The quantitative estimate of drug-likeness (QED) is 0.700. The monoisotopic (exact) mass is 383 g/mol. The summed E-state index contributed by atoms with van der Waals surface area (Å²) in [7, 11) is 0. The number of nitrogens with one attached hydrogen (secondary N) is 1. The lowest BCUT2D eigenvalue weighted by atomic mass is 10.1. The number of ether oxygens (including phenoxy) is 2. The molecule has 1 fully saturated rings. The first-order chi connectivity index (χ1) is 12.6. The largest absolute Gasteiger partial charge is 0.464 e. The number of hydrogen-bond donors (Lipinski definition) is 1. The van der Waals surface area contributed by atoms with E-state index in [9.17, 15) is 18.4 Å². The van der Waals surface area contributed by atoms with E-state index in [4.69, 9.17) is 9.47 Å². The van der Waals surface area contributed by atoms with Gasteiger partial charge >= 0.3 is 5.97 Å². The molecule has 0 aliphatic heterocycles. The molecule has 27 heavy (non-hydrogen) atoms. The predicted octanol–water partition coefficient (Wildman–Crippen LogP) is 3.32. The highest BCUT2D eigenvalue weighted by Crippen LogP contribution is 2.48. The van der Waals surface area contributed by atoms with Gasteiger partial charge in [0.2, 0.25) is 5.91 Å². The summed E-state index contributed by atoms with van der Waals surface area (Å²) >= 11 is 0. The molecule has 0 spiro atoms. The maximum Gasteiger partial charge on any atom is 0.328 e. The van der Waals surface area contributed by atoms with Crippen LogP contribution in [0.3, 0.4) is 0 Å². The van der Waals surface area contributed by atoms with E-state index < -0.39 is 29.6 Å². The van der Waals surface area contributed by atoms with Crippen LogP contribution in [0.2, 0.25) is 0 Å². The molecule has 3 atom stereocenters. The average Bonchev–Trinajstić information content (AvgIpc) is 3.36. The van der Waals surface area contributed by atoms with Crippen LogP contribution in [0.15, 0.2) is 18.2 Å². The van der Waals surface area contributed by atoms with Crippen LogP contribution < -0.4 is 5.32 Å². The lowest BCUT2D eigenvalue weighted by Gasteiger charge is -2.22. The molecular formula is C20H27F2NO4. The van der Waals surface area contributed by atoms with Crippen LogP contribution in [0.25, 0.3) is 0 Å². The predicted molar refractivity (Wildman–Crippen MR) is 96.1 cm³/mol. The minimum Gasteiger partial charge on any atom is -0.464 e. The first kappa shape index (κ1) is 21.3. The molecule has 1 N–H and O–H groups in total. The maximum absolute atomic E-state index is 13.9. The lowest BCUT2D eigenvalue weighted by Crippen LogP contribution is -2.43. The Kier molecular flexibility index (Phi) is 6.92. The van der Waals surface area contributed by atoms with Crippen molar-refractivity contribution in [3.63, 3.8) is 0 Å². The zero-order valence-electron chi connectivity index (χ0n) is 16.2. The summed E-state index contributed by atoms with van der Waals surface area (Å²) in [5, 5.41) is 2.67. The Morgan fingerprint density at radius 3 is 2.63 bits per heavy atom. The van der Waals surface area contributed by atoms with Crippen molar-refractivity contribution in [3.8, 4) is 0 Å². The van der Waals surface area contributed by atoms with Crippen LogP contribution >= 0.6 is 0 Å². The number of carbonyl (C=O) groups excluding carboxylic acids is 2. The molecule has 0 unspecified atom stereocenters. The minimum atomic E-state index is -0.928. The molecule has 150 valence electrons. The van der Waals surface area contributed by atoms with Crippen molar-refractivity contribution in [2.45, 2.75) is 58.1 Å². The second-order valence-electron chi connectivity index (χ2n) is 7.65. The Hall–Kier alpha value is -2.02. The fraction of sp³-hybridized carbons (Fsp3) is 0.600. The van der Waals surface area contributed by atoms with Gasteiger partial charge in [-0.1, -0.05) is 12.1 Å². The second kappa shape index (κ2) is 8.78. The Balaban J connectivity index is 1.97. The SMILES string of the molecule is CCOC(=O)[C@H](CCOC(C)(C)C)NC(=O)[C@H]1C[C@H]1c1cccc(F)c1F. The van der Waals surface area contributed by atoms with Gasteiger partial charge in [0.15, 0.2) is 11.6 Å². The zero-order valence-corrected chi connectivity index (χ0v) is 16.2. The average molecular weight is 383 g/mol. The fourth-order valence-electron chi connectivity index (χ4n) is 2.89. The number of carbonyl (C=O) groups is 2. The highest BCUT2D eigenvalue weighted by molar-refractivity contribution is 5.88. The summed E-state index contributed by atoms with van der Waals surface area (Å²) in [5.74, 6) is -3.60. The van der Waals surface area contributed by atoms with E-state index in [1.54, 1.807) is 6.92 Å². The summed E-state index contributed by atoms with van der Waals surface area (Å²) in [6.45, 7) is 7.85. The van der Waals surface area contributed by atoms with E-state index in [0.29, 0.717) is 6.42 Å². The lowest BCUT2D eigenvalue weighted by molar-refractivity contribution is -0.148. The molecule has 5 nitrogen and oxygen atoms in total. The van der Waals surface area contributed by atoms with Crippen LogP contribution in [0.1, 0.15) is 52.0 Å². The fourth-order valence-corrected chi connectivity index (χ4v) is 2.89. The summed E-state index contributed by atoms with van der Waals surface area (Å²) < 4.78 is 37.9. The van der Waals surface area contributed by atoms with Crippen LogP contribution in [0, 0.1) is 17.6 Å². The standard InChI is InChI=1S/C20H27F2NO4/c1-5-26-19(25)16(9-10-27-20(2,3)4)23-18(24)14-11-13(14)12-7-6-8-15(21)17(12)22/h6-8,13-14,16H,5,9-11H2,1-4H3,(H,23,24)/t13-,14-,16-/m0/s1. The zero-order chi connectivity index (χ0) is 20.2. The van der Waals surface area contributed by atoms with Gasteiger partial charge in [-0.15, -0.1) is 0 Å². The number of esters is 1. The molecule has 0 heterocycles. The third-order valence-corrected chi connectivity index (χ3v) is 4.34. The van der Waals surface area contributed by atoms with Crippen molar-refractivity contribution in [3.05, 3.63) is 35.4 Å². The van der Waals surface area contributed by atoms with Gasteiger partial charge in [0.05, 0.1) is 12.2 Å². The van der Waals surface area contributed by atoms with Gasteiger partial charge in [-0.2, -0.15) is 0 Å². The van der Waals surface area contributed by atoms with E-state index in [1.165, 1.54) is 12.1 Å². The highest BCUT2D eigenvalue weighted by Gasteiger charge is 2.46. The smallest absolute Gasteiger partial charge is 0.328 e. The normalized spacial score (nSPS) is 20.1. The molecule has 0 bridgehead atoms. The topological polar surface area (TPSA) is 64.6 Å². The van der Waals surface area contributed by atoms with Crippen molar-refractivity contribution in [1.82, 2.24) is 5.32 Å². The van der Waals surface area contributed by atoms with Crippen LogP contribution in [0.4, 0.5) is 8.78 Å². The molecule has 1 saturated carbocycles. The third kappa shape index (κ3) is 5.99. The molecule has 2 rings (SSSR count). The van der Waals surface area contributed by atoms with Crippen LogP contribution in [-0.2, 0) is 19.1 Å². The molecule has 0 saturated heterocycles. The number of hydrogen-bond acceptors (Lipinski definition) is 4. The minimum absolute atomic E-state index is 0.193. The number of halogens is 2. The van der Waals surface area contributed by atoms with Crippen molar-refractivity contribution in [2.75, 3.05) is 13.2 Å². The number of amides is 1. The highest BCUT2D eigenvalue weighted by atomic mass is 19.2. The molecule has 1 amide bonds. The molecule has 1 aliphatic carbocycles. The molecular weight excluding hydrogens is 356 g/mol. The molecule has 0 aromatic heterocycles. The van der Waals surface area contributed by atoms with Gasteiger partial charge in [-0.3, -0.25) is 4.79 Å². The summed E-state index contributed by atoms with van der Waals surface area (Å²) in [6.07, 6.45) is 0.688. The molecule has 1 aliphatic rings. The Morgan fingerprint density at radius 1 is 1.30 bits per heavy atom. The summed E-state index contributed by atoms with van der Waals surface area (Å²) in [6, 6.07) is 3.11. The third-order valence-electron chi connectivity index (χ3n) is 4.34. The molecule has 7 heteroatoms. The van der Waals surface area contributed by atoms with Gasteiger partial charge in [0.25, 0.3) is 0 Å². The van der Waals surface area contributed by atoms with E-state index in [0.717, 1.165) is 6.07 Å². The Morgan fingerprint density at radius 2 is 2.00 bits per heavy atom. The molecule has 0 radical (unpaired) electrons. The summed E-state index contributed by atoms with van der Waals surface area (Å²) in [5.41, 5.74) is -0.168. The number of benzene rings is 1. The van der Waals surface area contributed by atoms with E-state index >= 15 is 0 Å².